The van der Waals surface area contributed by atoms with Crippen molar-refractivity contribution in [1.82, 2.24) is 0 Å². The SMILES string of the molecule is CCCCCOc1ccc(OC(=O)c2ccc(C3CCC(CC(C)CC)CC3)cc2)cc1. The predicted molar refractivity (Wildman–Crippen MR) is 132 cm³/mol. The summed E-state index contributed by atoms with van der Waals surface area (Å²) in [6.07, 6.45) is 11.3. The van der Waals surface area contributed by atoms with Crippen molar-refractivity contribution >= 4 is 5.97 Å². The zero-order valence-corrected chi connectivity index (χ0v) is 20.1. The third kappa shape index (κ3) is 7.39. The van der Waals surface area contributed by atoms with E-state index in [9.17, 15) is 4.79 Å². The number of carbonyl (C=O) groups excluding carboxylic acids is 1. The van der Waals surface area contributed by atoms with Crippen LogP contribution in [0.25, 0.3) is 0 Å². The highest BCUT2D eigenvalue weighted by molar-refractivity contribution is 5.91. The molecule has 0 aromatic heterocycles. The van der Waals surface area contributed by atoms with Crippen LogP contribution in [0, 0.1) is 11.8 Å². The van der Waals surface area contributed by atoms with Gasteiger partial charge in [0, 0.05) is 0 Å². The van der Waals surface area contributed by atoms with E-state index in [1.165, 1.54) is 56.9 Å². The van der Waals surface area contributed by atoms with Gasteiger partial charge in [-0.15, -0.1) is 0 Å². The number of ether oxygens (including phenoxy) is 2. The fraction of sp³-hybridized carbons (Fsp3) is 0.552. The standard InChI is InChI=1S/C29H40O3/c1-4-6-7-20-31-27-16-18-28(19-17-27)32-29(30)26-14-12-25(13-15-26)24-10-8-23(9-11-24)21-22(3)5-2/h12-19,22-24H,4-11,20-21H2,1-3H3. The zero-order valence-electron chi connectivity index (χ0n) is 20.1. The first-order valence-corrected chi connectivity index (χ1v) is 12.6. The van der Waals surface area contributed by atoms with Crippen molar-refractivity contribution < 1.29 is 14.3 Å². The van der Waals surface area contributed by atoms with Crippen LogP contribution in [0.5, 0.6) is 11.5 Å². The molecule has 2 aromatic rings. The van der Waals surface area contributed by atoms with Gasteiger partial charge in [-0.25, -0.2) is 4.79 Å². The fourth-order valence-electron chi connectivity index (χ4n) is 4.67. The van der Waals surface area contributed by atoms with Crippen molar-refractivity contribution in [3.05, 3.63) is 59.7 Å². The topological polar surface area (TPSA) is 35.5 Å². The summed E-state index contributed by atoms with van der Waals surface area (Å²) < 4.78 is 11.3. The van der Waals surface area contributed by atoms with Crippen LogP contribution in [0.4, 0.5) is 0 Å². The molecule has 1 aliphatic rings. The highest BCUT2D eigenvalue weighted by Crippen LogP contribution is 2.38. The molecule has 3 nitrogen and oxygen atoms in total. The smallest absolute Gasteiger partial charge is 0.343 e. The molecule has 1 atom stereocenters. The molecular formula is C29H40O3. The maximum atomic E-state index is 12.6. The van der Waals surface area contributed by atoms with Crippen LogP contribution in [0.2, 0.25) is 0 Å². The lowest BCUT2D eigenvalue weighted by Gasteiger charge is -2.30. The van der Waals surface area contributed by atoms with Crippen LogP contribution in [0.15, 0.2) is 48.5 Å². The van der Waals surface area contributed by atoms with Crippen molar-refractivity contribution in [3.63, 3.8) is 0 Å². The van der Waals surface area contributed by atoms with Gasteiger partial charge in [0.2, 0.25) is 0 Å². The molecular weight excluding hydrogens is 396 g/mol. The second-order valence-corrected chi connectivity index (χ2v) is 9.51. The number of esters is 1. The van der Waals surface area contributed by atoms with Gasteiger partial charge >= 0.3 is 5.97 Å². The van der Waals surface area contributed by atoms with E-state index >= 15 is 0 Å². The molecule has 1 unspecified atom stereocenters. The van der Waals surface area contributed by atoms with E-state index in [1.54, 1.807) is 12.1 Å². The average Bonchev–Trinajstić information content (AvgIpc) is 2.83. The van der Waals surface area contributed by atoms with E-state index in [4.69, 9.17) is 9.47 Å². The highest BCUT2D eigenvalue weighted by Gasteiger charge is 2.23. The summed E-state index contributed by atoms with van der Waals surface area (Å²) in [5, 5.41) is 0. The third-order valence-corrected chi connectivity index (χ3v) is 6.95. The van der Waals surface area contributed by atoms with E-state index in [0.29, 0.717) is 17.2 Å². The van der Waals surface area contributed by atoms with E-state index in [0.717, 1.165) is 30.6 Å². The highest BCUT2D eigenvalue weighted by atomic mass is 16.5. The predicted octanol–water partition coefficient (Wildman–Crippen LogP) is 8.18. The second-order valence-electron chi connectivity index (χ2n) is 9.51. The van der Waals surface area contributed by atoms with Crippen LogP contribution < -0.4 is 9.47 Å². The molecule has 174 valence electrons. The summed E-state index contributed by atoms with van der Waals surface area (Å²) in [7, 11) is 0. The van der Waals surface area contributed by atoms with Crippen molar-refractivity contribution in [2.45, 2.75) is 84.5 Å². The summed E-state index contributed by atoms with van der Waals surface area (Å²) in [6, 6.07) is 15.3. The Morgan fingerprint density at radius 2 is 1.56 bits per heavy atom. The van der Waals surface area contributed by atoms with Crippen LogP contribution in [0.1, 0.15) is 100 Å². The van der Waals surface area contributed by atoms with Crippen LogP contribution >= 0.6 is 0 Å². The molecule has 0 saturated heterocycles. The maximum absolute atomic E-state index is 12.6. The van der Waals surface area contributed by atoms with Crippen molar-refractivity contribution in [2.24, 2.45) is 11.8 Å². The van der Waals surface area contributed by atoms with Crippen LogP contribution in [-0.4, -0.2) is 12.6 Å². The third-order valence-electron chi connectivity index (χ3n) is 6.95. The average molecular weight is 437 g/mol. The minimum Gasteiger partial charge on any atom is -0.494 e. The maximum Gasteiger partial charge on any atom is 0.343 e. The van der Waals surface area contributed by atoms with Gasteiger partial charge in [-0.2, -0.15) is 0 Å². The number of carbonyl (C=O) groups is 1. The first kappa shape index (κ1) is 24.4. The van der Waals surface area contributed by atoms with E-state index in [-0.39, 0.29) is 5.97 Å². The number of hydrogen-bond acceptors (Lipinski definition) is 3. The first-order valence-electron chi connectivity index (χ1n) is 12.6. The second kappa shape index (κ2) is 12.7. The van der Waals surface area contributed by atoms with Crippen molar-refractivity contribution in [3.8, 4) is 11.5 Å². The van der Waals surface area contributed by atoms with Gasteiger partial charge in [-0.1, -0.05) is 52.2 Å². The molecule has 1 aliphatic carbocycles. The number of benzene rings is 2. The number of rotatable bonds is 11. The minimum atomic E-state index is -0.314. The first-order chi connectivity index (χ1) is 15.6. The fourth-order valence-corrected chi connectivity index (χ4v) is 4.67. The van der Waals surface area contributed by atoms with Crippen molar-refractivity contribution in [1.29, 1.82) is 0 Å². The monoisotopic (exact) mass is 436 g/mol. The summed E-state index contributed by atoms with van der Waals surface area (Å²) in [5.41, 5.74) is 1.95. The number of hydrogen-bond donors (Lipinski definition) is 0. The minimum absolute atomic E-state index is 0.314. The Morgan fingerprint density at radius 3 is 2.19 bits per heavy atom. The Bertz CT molecular complexity index is 801. The molecule has 0 aliphatic heterocycles. The molecule has 0 amide bonds. The van der Waals surface area contributed by atoms with Gasteiger partial charge in [0.05, 0.1) is 12.2 Å². The molecule has 0 heterocycles. The molecule has 0 spiro atoms. The Kier molecular flexibility index (Phi) is 9.64. The molecule has 0 N–H and O–H groups in total. The molecule has 1 saturated carbocycles. The zero-order chi connectivity index (χ0) is 22.8. The molecule has 1 fully saturated rings. The Balaban J connectivity index is 1.47. The molecule has 3 heteroatoms. The van der Waals surface area contributed by atoms with E-state index in [1.807, 2.05) is 24.3 Å². The summed E-state index contributed by atoms with van der Waals surface area (Å²) in [5.74, 6) is 3.40. The molecule has 32 heavy (non-hydrogen) atoms. The van der Waals surface area contributed by atoms with Gasteiger partial charge in [0.15, 0.2) is 0 Å². The van der Waals surface area contributed by atoms with Gasteiger partial charge in [-0.3, -0.25) is 0 Å². The lowest BCUT2D eigenvalue weighted by atomic mass is 9.75. The van der Waals surface area contributed by atoms with Crippen LogP contribution in [0.3, 0.4) is 0 Å². The molecule has 2 aromatic carbocycles. The Morgan fingerprint density at radius 1 is 0.906 bits per heavy atom. The summed E-state index contributed by atoms with van der Waals surface area (Å²) in [4.78, 5) is 12.6. The quantitative estimate of drug-likeness (QED) is 0.202. The Labute approximate surface area is 194 Å². The van der Waals surface area contributed by atoms with Crippen molar-refractivity contribution in [2.75, 3.05) is 6.61 Å². The normalized spacial score (nSPS) is 19.3. The molecule has 0 radical (unpaired) electrons. The lowest BCUT2D eigenvalue weighted by Crippen LogP contribution is -2.16. The molecule has 3 rings (SSSR count). The van der Waals surface area contributed by atoms with Crippen LogP contribution in [-0.2, 0) is 0 Å². The van der Waals surface area contributed by atoms with Gasteiger partial charge in [-0.05, 0) is 98.2 Å². The Hall–Kier alpha value is -2.29. The molecule has 0 bridgehead atoms. The van der Waals surface area contributed by atoms with Gasteiger partial charge < -0.3 is 9.47 Å². The largest absolute Gasteiger partial charge is 0.494 e. The number of unbranched alkanes of at least 4 members (excludes halogenated alkanes) is 2. The van der Waals surface area contributed by atoms with E-state index in [2.05, 4.69) is 32.9 Å². The summed E-state index contributed by atoms with van der Waals surface area (Å²) >= 11 is 0. The van der Waals surface area contributed by atoms with Gasteiger partial charge in [0.1, 0.15) is 11.5 Å². The lowest BCUT2D eigenvalue weighted by molar-refractivity contribution is 0.0734. The van der Waals surface area contributed by atoms with Gasteiger partial charge in [0.25, 0.3) is 0 Å². The van der Waals surface area contributed by atoms with E-state index < -0.39 is 0 Å². The summed E-state index contributed by atoms with van der Waals surface area (Å²) in [6.45, 7) is 7.57.